The van der Waals surface area contributed by atoms with Crippen LogP contribution < -0.4 is 15.8 Å². The highest BCUT2D eigenvalue weighted by molar-refractivity contribution is 5.79. The molecule has 0 bridgehead atoms. The molecule has 1 saturated heterocycles. The molecule has 0 spiro atoms. The largest absolute Gasteiger partial charge is 0.385 e. The zero-order chi connectivity index (χ0) is 18.5. The Morgan fingerprint density at radius 1 is 1.46 bits per heavy atom. The van der Waals surface area contributed by atoms with E-state index in [1.54, 1.807) is 26.4 Å². The van der Waals surface area contributed by atoms with Gasteiger partial charge in [-0.25, -0.2) is 9.97 Å². The van der Waals surface area contributed by atoms with Gasteiger partial charge in [0, 0.05) is 46.6 Å². The number of carbonyl (C=O) groups excluding carboxylic acids is 1. The summed E-state index contributed by atoms with van der Waals surface area (Å²) < 4.78 is 6.51. The highest BCUT2D eigenvalue weighted by atomic mass is 16.5. The first-order valence-electron chi connectivity index (χ1n) is 8.95. The van der Waals surface area contributed by atoms with Crippen LogP contribution in [-0.2, 0) is 16.6 Å². The molecule has 0 radical (unpaired) electrons. The Morgan fingerprint density at radius 2 is 2.31 bits per heavy atom. The first kappa shape index (κ1) is 18.3. The van der Waals surface area contributed by atoms with E-state index in [9.17, 15) is 9.59 Å². The molecule has 1 amide bonds. The Labute approximate surface area is 152 Å². The van der Waals surface area contributed by atoms with Crippen molar-refractivity contribution in [2.75, 3.05) is 38.3 Å². The topological polar surface area (TPSA) is 89.3 Å². The third kappa shape index (κ3) is 3.85. The first-order chi connectivity index (χ1) is 12.6. The van der Waals surface area contributed by atoms with Crippen molar-refractivity contribution in [3.05, 3.63) is 28.7 Å². The highest BCUT2D eigenvalue weighted by Crippen LogP contribution is 2.21. The number of anilines is 1. The minimum absolute atomic E-state index is 0.0325. The molecule has 3 rings (SSSR count). The van der Waals surface area contributed by atoms with Crippen molar-refractivity contribution in [3.8, 4) is 0 Å². The van der Waals surface area contributed by atoms with E-state index in [2.05, 4.69) is 15.3 Å². The van der Waals surface area contributed by atoms with Gasteiger partial charge in [0.1, 0.15) is 5.52 Å². The minimum Gasteiger partial charge on any atom is -0.385 e. The average Bonchev–Trinajstić information content (AvgIpc) is 2.68. The molecule has 1 unspecified atom stereocenters. The number of rotatable bonds is 6. The summed E-state index contributed by atoms with van der Waals surface area (Å²) in [6.07, 6.45) is 4.11. The summed E-state index contributed by atoms with van der Waals surface area (Å²) in [6, 6.07) is 3.64. The fourth-order valence-electron chi connectivity index (χ4n) is 3.30. The molecule has 1 fully saturated rings. The van der Waals surface area contributed by atoms with Gasteiger partial charge in [-0.3, -0.25) is 14.2 Å². The molecule has 0 saturated carbocycles. The lowest BCUT2D eigenvalue weighted by Crippen LogP contribution is -2.45. The first-order valence-corrected chi connectivity index (χ1v) is 8.95. The fraction of sp³-hybridized carbons (Fsp3) is 0.556. The number of aromatic nitrogens is 3. The minimum atomic E-state index is -0.183. The summed E-state index contributed by atoms with van der Waals surface area (Å²) in [7, 11) is 3.35. The lowest BCUT2D eigenvalue weighted by molar-refractivity contribution is -0.125. The van der Waals surface area contributed by atoms with E-state index in [0.29, 0.717) is 36.7 Å². The van der Waals surface area contributed by atoms with Gasteiger partial charge in [0.2, 0.25) is 5.91 Å². The normalized spacial score (nSPS) is 17.5. The molecule has 2 aromatic rings. The molecular weight excluding hydrogens is 334 g/mol. The summed E-state index contributed by atoms with van der Waals surface area (Å²) >= 11 is 0. The Kier molecular flexibility index (Phi) is 5.82. The Morgan fingerprint density at radius 3 is 3.12 bits per heavy atom. The van der Waals surface area contributed by atoms with Crippen molar-refractivity contribution >= 4 is 22.9 Å². The monoisotopic (exact) mass is 359 g/mol. The van der Waals surface area contributed by atoms with Crippen LogP contribution >= 0.6 is 0 Å². The maximum atomic E-state index is 12.7. The van der Waals surface area contributed by atoms with Gasteiger partial charge in [0.25, 0.3) is 5.56 Å². The molecule has 3 heterocycles. The Bertz CT molecular complexity index is 835. The predicted octanol–water partition coefficient (Wildman–Crippen LogP) is 0.698. The van der Waals surface area contributed by atoms with Gasteiger partial charge in [-0.1, -0.05) is 0 Å². The van der Waals surface area contributed by atoms with Crippen LogP contribution in [0.15, 0.2) is 23.1 Å². The van der Waals surface area contributed by atoms with E-state index >= 15 is 0 Å². The number of amides is 1. The molecule has 1 aliphatic rings. The zero-order valence-corrected chi connectivity index (χ0v) is 15.3. The quantitative estimate of drug-likeness (QED) is 0.764. The summed E-state index contributed by atoms with van der Waals surface area (Å²) in [4.78, 5) is 35.8. The second kappa shape index (κ2) is 8.27. The molecule has 0 aliphatic carbocycles. The maximum absolute atomic E-state index is 12.7. The number of fused-ring (bicyclic) bond motifs is 1. The number of aryl methyl sites for hydroxylation is 1. The molecule has 1 atom stereocenters. The number of methoxy groups -OCH3 is 1. The molecular formula is C18H25N5O3. The van der Waals surface area contributed by atoms with Crippen LogP contribution in [-0.4, -0.2) is 53.8 Å². The van der Waals surface area contributed by atoms with Gasteiger partial charge < -0.3 is 15.0 Å². The Hall–Kier alpha value is -2.48. The summed E-state index contributed by atoms with van der Waals surface area (Å²) in [6.45, 7) is 2.46. The van der Waals surface area contributed by atoms with E-state index in [1.807, 2.05) is 11.0 Å². The summed E-state index contributed by atoms with van der Waals surface area (Å²) in [5.74, 6) is 0.289. The van der Waals surface area contributed by atoms with Gasteiger partial charge in [-0.15, -0.1) is 0 Å². The second-order valence-electron chi connectivity index (χ2n) is 6.57. The van der Waals surface area contributed by atoms with Crippen molar-refractivity contribution in [2.45, 2.75) is 19.3 Å². The molecule has 8 heteroatoms. The number of pyridine rings is 1. The van der Waals surface area contributed by atoms with E-state index in [0.717, 1.165) is 25.8 Å². The van der Waals surface area contributed by atoms with Crippen molar-refractivity contribution < 1.29 is 9.53 Å². The van der Waals surface area contributed by atoms with E-state index in [-0.39, 0.29) is 17.4 Å². The maximum Gasteiger partial charge on any atom is 0.294 e. The van der Waals surface area contributed by atoms with Gasteiger partial charge in [-0.05, 0) is 31.4 Å². The van der Waals surface area contributed by atoms with Crippen LogP contribution in [0.5, 0.6) is 0 Å². The number of hydrogen-bond donors (Lipinski definition) is 1. The van der Waals surface area contributed by atoms with Gasteiger partial charge in [0.05, 0.1) is 5.92 Å². The molecule has 140 valence electrons. The van der Waals surface area contributed by atoms with Crippen LogP contribution in [0.3, 0.4) is 0 Å². The van der Waals surface area contributed by atoms with Crippen molar-refractivity contribution in [1.82, 2.24) is 19.9 Å². The third-order valence-corrected chi connectivity index (χ3v) is 4.72. The van der Waals surface area contributed by atoms with Gasteiger partial charge in [0.15, 0.2) is 11.5 Å². The number of hydrogen-bond acceptors (Lipinski definition) is 6. The average molecular weight is 359 g/mol. The summed E-state index contributed by atoms with van der Waals surface area (Å²) in [5.41, 5.74) is 1.05. The SMILES string of the molecule is COCCCNC(=O)C1CCCN(c2nc3cccnc3n(C)c2=O)C1. The molecule has 26 heavy (non-hydrogen) atoms. The standard InChI is InChI=1S/C18H25N5O3/c1-22-15-14(7-3-8-19-15)21-16(18(22)25)23-10-4-6-13(12-23)17(24)20-9-5-11-26-2/h3,7-8,13H,4-6,9-12H2,1-2H3,(H,20,24). The number of nitrogens with zero attached hydrogens (tertiary/aromatic N) is 4. The van der Waals surface area contributed by atoms with Crippen LogP contribution in [0.2, 0.25) is 0 Å². The fourth-order valence-corrected chi connectivity index (χ4v) is 3.30. The number of piperidine rings is 1. The van der Waals surface area contributed by atoms with Crippen molar-refractivity contribution in [1.29, 1.82) is 0 Å². The van der Waals surface area contributed by atoms with Crippen LogP contribution in [0, 0.1) is 5.92 Å². The van der Waals surface area contributed by atoms with Crippen LogP contribution in [0.4, 0.5) is 5.82 Å². The molecule has 8 nitrogen and oxygen atoms in total. The highest BCUT2D eigenvalue weighted by Gasteiger charge is 2.28. The molecule has 2 aromatic heterocycles. The van der Waals surface area contributed by atoms with Crippen LogP contribution in [0.1, 0.15) is 19.3 Å². The lowest BCUT2D eigenvalue weighted by Gasteiger charge is -2.32. The Balaban J connectivity index is 1.75. The van der Waals surface area contributed by atoms with Crippen LogP contribution in [0.25, 0.3) is 11.2 Å². The number of ether oxygens (including phenoxy) is 1. The predicted molar refractivity (Wildman–Crippen MR) is 99.2 cm³/mol. The van der Waals surface area contributed by atoms with Crippen molar-refractivity contribution in [2.24, 2.45) is 13.0 Å². The van der Waals surface area contributed by atoms with Crippen molar-refractivity contribution in [3.63, 3.8) is 0 Å². The van der Waals surface area contributed by atoms with E-state index < -0.39 is 0 Å². The molecule has 1 N–H and O–H groups in total. The van der Waals surface area contributed by atoms with Gasteiger partial charge in [-0.2, -0.15) is 0 Å². The second-order valence-corrected chi connectivity index (χ2v) is 6.57. The smallest absolute Gasteiger partial charge is 0.294 e. The summed E-state index contributed by atoms with van der Waals surface area (Å²) in [5, 5.41) is 2.96. The zero-order valence-electron chi connectivity index (χ0n) is 15.3. The molecule has 0 aromatic carbocycles. The van der Waals surface area contributed by atoms with Gasteiger partial charge >= 0.3 is 0 Å². The number of nitrogens with one attached hydrogen (secondary N) is 1. The lowest BCUT2D eigenvalue weighted by atomic mass is 9.97. The molecule has 1 aliphatic heterocycles. The van der Waals surface area contributed by atoms with E-state index in [4.69, 9.17) is 4.74 Å². The van der Waals surface area contributed by atoms with E-state index in [1.165, 1.54) is 4.57 Å². The third-order valence-electron chi connectivity index (χ3n) is 4.72. The number of carbonyl (C=O) groups is 1.